The fourth-order valence-corrected chi connectivity index (χ4v) is 10.2. The number of nitrogens with zero attached hydrogens (tertiary/aromatic N) is 2. The van der Waals surface area contributed by atoms with Crippen LogP contribution < -0.4 is 0 Å². The third-order valence-corrected chi connectivity index (χ3v) is 13.0. The van der Waals surface area contributed by atoms with Crippen LogP contribution in [0.1, 0.15) is 0 Å². The van der Waals surface area contributed by atoms with Gasteiger partial charge in [0.25, 0.3) is 0 Å². The second-order valence-corrected chi connectivity index (χ2v) is 16.1. The minimum absolute atomic E-state index is 1.20. The second kappa shape index (κ2) is 13.4. The van der Waals surface area contributed by atoms with Gasteiger partial charge in [0.15, 0.2) is 0 Å². The van der Waals surface area contributed by atoms with Gasteiger partial charge < -0.3 is 9.13 Å². The van der Waals surface area contributed by atoms with Crippen LogP contribution in [0.15, 0.2) is 206 Å². The summed E-state index contributed by atoms with van der Waals surface area (Å²) in [6.45, 7) is 0. The van der Waals surface area contributed by atoms with E-state index in [1.54, 1.807) is 0 Å². The molecule has 0 fully saturated rings. The molecule has 0 N–H and O–H groups in total. The smallest absolute Gasteiger partial charge is 0.0495 e. The predicted molar refractivity (Wildman–Crippen MR) is 257 cm³/mol. The number of fused-ring (bicyclic) bond motifs is 8. The van der Waals surface area contributed by atoms with Gasteiger partial charge in [0.1, 0.15) is 0 Å². The summed E-state index contributed by atoms with van der Waals surface area (Å²) in [6, 6.07) is 76.3. The van der Waals surface area contributed by atoms with Crippen LogP contribution in [0.25, 0.3) is 121 Å². The minimum atomic E-state index is 1.20. The molecule has 282 valence electrons. The molecule has 2 nitrogen and oxygen atoms in total. The SMILES string of the molecule is Cn1c2ccccc2c2c(-c3cccc4c(-c5ccc(-c6ccccc6)cc5-c5ccccc5)c5cccc(-c6cccc7c6c6ccccc6n7C)c5cc34)cccc21. The van der Waals surface area contributed by atoms with E-state index < -0.39 is 0 Å². The van der Waals surface area contributed by atoms with Gasteiger partial charge >= 0.3 is 0 Å². The molecule has 2 heteroatoms. The van der Waals surface area contributed by atoms with Crippen molar-refractivity contribution >= 4 is 65.2 Å². The molecule has 2 aromatic heterocycles. The van der Waals surface area contributed by atoms with E-state index in [0.717, 1.165) is 0 Å². The van der Waals surface area contributed by atoms with Crippen molar-refractivity contribution in [3.8, 4) is 55.6 Å². The van der Waals surface area contributed by atoms with E-state index >= 15 is 0 Å². The Kier molecular flexibility index (Phi) is 7.70. The molecule has 0 spiro atoms. The highest BCUT2D eigenvalue weighted by Gasteiger charge is 2.22. The summed E-state index contributed by atoms with van der Waals surface area (Å²) in [5.41, 5.74) is 17.2. The molecule has 0 saturated carbocycles. The molecular weight excluding hydrogens is 725 g/mol. The van der Waals surface area contributed by atoms with E-state index in [9.17, 15) is 0 Å². The highest BCUT2D eigenvalue weighted by Crippen LogP contribution is 2.49. The molecule has 0 saturated heterocycles. The Morgan fingerprint density at radius 2 is 0.683 bits per heavy atom. The Bertz CT molecular complexity index is 3480. The molecule has 0 aliphatic carbocycles. The van der Waals surface area contributed by atoms with Crippen molar-refractivity contribution in [1.82, 2.24) is 9.13 Å². The van der Waals surface area contributed by atoms with Gasteiger partial charge in [-0.2, -0.15) is 0 Å². The van der Waals surface area contributed by atoms with Crippen LogP contribution in [0, 0.1) is 0 Å². The molecule has 0 bridgehead atoms. The lowest BCUT2D eigenvalue weighted by Gasteiger charge is -2.20. The van der Waals surface area contributed by atoms with Crippen molar-refractivity contribution in [3.05, 3.63) is 206 Å². The third kappa shape index (κ3) is 5.07. The van der Waals surface area contributed by atoms with Gasteiger partial charge in [-0.1, -0.05) is 170 Å². The molecule has 12 aromatic rings. The fraction of sp³-hybridized carbons (Fsp3) is 0.0345. The molecule has 2 heterocycles. The maximum atomic E-state index is 2.49. The number of benzene rings is 10. The van der Waals surface area contributed by atoms with Crippen molar-refractivity contribution in [3.63, 3.8) is 0 Å². The summed E-state index contributed by atoms with van der Waals surface area (Å²) in [5, 5.41) is 10.1. The van der Waals surface area contributed by atoms with Gasteiger partial charge in [-0.05, 0) is 114 Å². The van der Waals surface area contributed by atoms with Crippen LogP contribution in [0.5, 0.6) is 0 Å². The molecule has 0 amide bonds. The Morgan fingerprint density at radius 3 is 1.23 bits per heavy atom. The molecule has 0 aliphatic rings. The van der Waals surface area contributed by atoms with E-state index in [0.29, 0.717) is 0 Å². The molecular formula is C58H40N2. The summed E-state index contributed by atoms with van der Waals surface area (Å²) in [6.07, 6.45) is 0. The van der Waals surface area contributed by atoms with Crippen molar-refractivity contribution in [2.75, 3.05) is 0 Å². The first kappa shape index (κ1) is 34.4. The summed E-state index contributed by atoms with van der Waals surface area (Å²) < 4.78 is 4.67. The van der Waals surface area contributed by atoms with Crippen LogP contribution in [0.2, 0.25) is 0 Å². The highest BCUT2D eigenvalue weighted by atomic mass is 14.9. The van der Waals surface area contributed by atoms with E-state index in [1.165, 1.54) is 121 Å². The van der Waals surface area contributed by atoms with Crippen molar-refractivity contribution < 1.29 is 0 Å². The van der Waals surface area contributed by atoms with E-state index in [2.05, 4.69) is 229 Å². The molecule has 60 heavy (non-hydrogen) atoms. The number of aryl methyl sites for hydroxylation is 2. The first-order chi connectivity index (χ1) is 29.6. The zero-order valence-corrected chi connectivity index (χ0v) is 33.5. The lowest BCUT2D eigenvalue weighted by atomic mass is 9.82. The first-order valence-electron chi connectivity index (χ1n) is 20.8. The average Bonchev–Trinajstić information content (AvgIpc) is 3.78. The molecule has 0 atom stereocenters. The van der Waals surface area contributed by atoms with Crippen molar-refractivity contribution in [2.45, 2.75) is 0 Å². The van der Waals surface area contributed by atoms with Crippen molar-refractivity contribution in [2.24, 2.45) is 14.1 Å². The Balaban J connectivity index is 1.24. The number of rotatable bonds is 5. The summed E-state index contributed by atoms with van der Waals surface area (Å²) in [7, 11) is 4.38. The lowest BCUT2D eigenvalue weighted by molar-refractivity contribution is 1.01. The maximum absolute atomic E-state index is 2.49. The third-order valence-electron chi connectivity index (χ3n) is 13.0. The lowest BCUT2D eigenvalue weighted by Crippen LogP contribution is -1.94. The normalized spacial score (nSPS) is 11.8. The Labute approximate surface area is 348 Å². The quantitative estimate of drug-likeness (QED) is 0.155. The summed E-state index contributed by atoms with van der Waals surface area (Å²) in [5.74, 6) is 0. The standard InChI is InChI=1S/C58H40N2/c1-59-52-29-11-9-21-47(52)57-42(27-15-31-54(57)59)40-23-13-25-44-50(40)36-51-41(43-28-16-32-55-58(43)48-22-10-12-30-53(48)60(55)2)24-14-26-45(51)56(44)46-34-33-39(37-17-5-3-6-18-37)35-49(46)38-19-7-4-8-20-38/h3-36H,1-2H3. The van der Waals surface area contributed by atoms with Crippen molar-refractivity contribution in [1.29, 1.82) is 0 Å². The molecule has 10 aromatic carbocycles. The number of hydrogen-bond donors (Lipinski definition) is 0. The highest BCUT2D eigenvalue weighted by molar-refractivity contribution is 6.25. The van der Waals surface area contributed by atoms with Gasteiger partial charge in [-0.3, -0.25) is 0 Å². The van der Waals surface area contributed by atoms with Crippen LogP contribution in [0.3, 0.4) is 0 Å². The number of para-hydroxylation sites is 2. The monoisotopic (exact) mass is 764 g/mol. The molecule has 0 aliphatic heterocycles. The van der Waals surface area contributed by atoms with E-state index in [4.69, 9.17) is 0 Å². The van der Waals surface area contributed by atoms with Crippen LogP contribution >= 0.6 is 0 Å². The van der Waals surface area contributed by atoms with Crippen LogP contribution in [-0.4, -0.2) is 9.13 Å². The van der Waals surface area contributed by atoms with Crippen LogP contribution in [-0.2, 0) is 14.1 Å². The molecule has 0 radical (unpaired) electrons. The molecule has 12 rings (SSSR count). The van der Waals surface area contributed by atoms with Gasteiger partial charge in [-0.15, -0.1) is 0 Å². The summed E-state index contributed by atoms with van der Waals surface area (Å²) in [4.78, 5) is 0. The largest absolute Gasteiger partial charge is 0.344 e. The number of aromatic nitrogens is 2. The van der Waals surface area contributed by atoms with E-state index in [-0.39, 0.29) is 0 Å². The average molecular weight is 765 g/mol. The van der Waals surface area contributed by atoms with Gasteiger partial charge in [0.2, 0.25) is 0 Å². The first-order valence-corrected chi connectivity index (χ1v) is 20.8. The molecule has 0 unspecified atom stereocenters. The zero-order valence-electron chi connectivity index (χ0n) is 33.5. The summed E-state index contributed by atoms with van der Waals surface area (Å²) >= 11 is 0. The topological polar surface area (TPSA) is 9.86 Å². The Morgan fingerprint density at radius 1 is 0.250 bits per heavy atom. The fourth-order valence-electron chi connectivity index (χ4n) is 10.2. The van der Waals surface area contributed by atoms with Gasteiger partial charge in [-0.25, -0.2) is 0 Å². The van der Waals surface area contributed by atoms with Gasteiger partial charge in [0.05, 0.1) is 0 Å². The minimum Gasteiger partial charge on any atom is -0.344 e. The van der Waals surface area contributed by atoms with E-state index in [1.807, 2.05) is 0 Å². The zero-order chi connectivity index (χ0) is 39.9. The Hall–Kier alpha value is -7.68. The van der Waals surface area contributed by atoms with Gasteiger partial charge in [0, 0.05) is 57.7 Å². The number of hydrogen-bond acceptors (Lipinski definition) is 0. The van der Waals surface area contributed by atoms with Crippen LogP contribution in [0.4, 0.5) is 0 Å². The second-order valence-electron chi connectivity index (χ2n) is 16.1. The predicted octanol–water partition coefficient (Wildman–Crippen LogP) is 15.6. The maximum Gasteiger partial charge on any atom is 0.0495 e.